The summed E-state index contributed by atoms with van der Waals surface area (Å²) < 4.78 is 3.61. The summed E-state index contributed by atoms with van der Waals surface area (Å²) in [6, 6.07) is -0.260. The number of hydrogen-bond donors (Lipinski definition) is 1. The molecule has 1 fully saturated rings. The molecule has 4 rings (SSSR count). The topological polar surface area (TPSA) is 86.9 Å². The zero-order valence-corrected chi connectivity index (χ0v) is 11.9. The molecule has 3 aromatic rings. The Hall–Kier alpha value is -1.80. The second-order valence-electron chi connectivity index (χ2n) is 5.25. The van der Waals surface area contributed by atoms with E-state index in [0.717, 1.165) is 21.4 Å². The lowest BCUT2D eigenvalue weighted by Gasteiger charge is -2.22. The highest BCUT2D eigenvalue weighted by atomic mass is 32.1. The van der Waals surface area contributed by atoms with Crippen LogP contribution in [0.3, 0.4) is 0 Å². The Balaban J connectivity index is 1.71. The van der Waals surface area contributed by atoms with Gasteiger partial charge in [-0.1, -0.05) is 17.8 Å². The van der Waals surface area contributed by atoms with Gasteiger partial charge in [0.2, 0.25) is 4.96 Å². The zero-order valence-electron chi connectivity index (χ0n) is 11.1. The van der Waals surface area contributed by atoms with Crippen LogP contribution in [0.2, 0.25) is 0 Å². The van der Waals surface area contributed by atoms with Gasteiger partial charge in [0.15, 0.2) is 5.82 Å². The van der Waals surface area contributed by atoms with Crippen LogP contribution in [0.1, 0.15) is 47.6 Å². The third-order valence-corrected chi connectivity index (χ3v) is 4.83. The first-order chi connectivity index (χ1) is 9.72. The van der Waals surface area contributed by atoms with Crippen LogP contribution >= 0.6 is 11.3 Å². The van der Waals surface area contributed by atoms with Crippen LogP contribution in [0.25, 0.3) is 4.96 Å². The molecule has 0 spiro atoms. The molecule has 3 aromatic heterocycles. The Morgan fingerprint density at radius 1 is 1.40 bits per heavy atom. The van der Waals surface area contributed by atoms with Crippen LogP contribution in [0, 0.1) is 0 Å². The van der Waals surface area contributed by atoms with E-state index in [4.69, 9.17) is 5.73 Å². The van der Waals surface area contributed by atoms with E-state index < -0.39 is 0 Å². The minimum Gasteiger partial charge on any atom is -0.318 e. The summed E-state index contributed by atoms with van der Waals surface area (Å²) in [5, 5.41) is 18.1. The first kappa shape index (κ1) is 12.0. The minimum atomic E-state index is -0.260. The van der Waals surface area contributed by atoms with E-state index in [1.807, 2.05) is 17.8 Å². The van der Waals surface area contributed by atoms with Crippen molar-refractivity contribution in [3.8, 4) is 0 Å². The summed E-state index contributed by atoms with van der Waals surface area (Å²) in [6.07, 6.45) is 7.33. The monoisotopic (exact) mass is 289 g/mol. The van der Waals surface area contributed by atoms with Gasteiger partial charge in [0.1, 0.15) is 5.01 Å². The van der Waals surface area contributed by atoms with Gasteiger partial charge in [-0.3, -0.25) is 4.68 Å². The summed E-state index contributed by atoms with van der Waals surface area (Å²) >= 11 is 1.50. The Bertz CT molecular complexity index is 751. The van der Waals surface area contributed by atoms with E-state index in [9.17, 15) is 0 Å². The van der Waals surface area contributed by atoms with Crippen LogP contribution in [-0.4, -0.2) is 29.6 Å². The number of fused-ring (bicyclic) bond motifs is 1. The van der Waals surface area contributed by atoms with Crippen LogP contribution in [0.15, 0.2) is 12.4 Å². The van der Waals surface area contributed by atoms with Crippen molar-refractivity contribution in [2.24, 2.45) is 12.8 Å². The van der Waals surface area contributed by atoms with Gasteiger partial charge >= 0.3 is 0 Å². The number of nitrogens with two attached hydrogens (primary N) is 1. The van der Waals surface area contributed by atoms with E-state index in [1.54, 1.807) is 10.9 Å². The molecule has 1 saturated carbocycles. The predicted molar refractivity (Wildman–Crippen MR) is 74.5 cm³/mol. The summed E-state index contributed by atoms with van der Waals surface area (Å²) in [5.74, 6) is 1.49. The van der Waals surface area contributed by atoms with Gasteiger partial charge in [0, 0.05) is 24.7 Å². The molecule has 0 amide bonds. The summed E-state index contributed by atoms with van der Waals surface area (Å²) in [7, 11) is 1.88. The standard InChI is InChI=1S/C12H15N7S/c1-18-6-8(5-14-18)9(13)11-17-19-10(7-3-2-4-7)15-16-12(19)20-11/h5-7,9H,2-4,13H2,1H3. The van der Waals surface area contributed by atoms with Crippen LogP contribution in [-0.2, 0) is 7.05 Å². The molecule has 2 N–H and O–H groups in total. The molecule has 1 unspecified atom stereocenters. The van der Waals surface area contributed by atoms with Crippen molar-refractivity contribution in [1.29, 1.82) is 0 Å². The van der Waals surface area contributed by atoms with E-state index in [2.05, 4.69) is 20.4 Å². The molecule has 1 atom stereocenters. The van der Waals surface area contributed by atoms with Gasteiger partial charge in [-0.25, -0.2) is 0 Å². The largest absolute Gasteiger partial charge is 0.318 e. The molecule has 8 heteroatoms. The van der Waals surface area contributed by atoms with E-state index in [0.29, 0.717) is 5.92 Å². The Labute approximate surface area is 119 Å². The Morgan fingerprint density at radius 3 is 2.90 bits per heavy atom. The minimum absolute atomic E-state index is 0.260. The van der Waals surface area contributed by atoms with Gasteiger partial charge < -0.3 is 5.73 Å². The molecular formula is C12H15N7S. The van der Waals surface area contributed by atoms with Crippen molar-refractivity contribution in [3.63, 3.8) is 0 Å². The second-order valence-corrected chi connectivity index (χ2v) is 6.23. The van der Waals surface area contributed by atoms with Crippen LogP contribution in [0.4, 0.5) is 0 Å². The second kappa shape index (κ2) is 4.35. The first-order valence-corrected chi connectivity index (χ1v) is 7.50. The molecule has 0 bridgehead atoms. The highest BCUT2D eigenvalue weighted by Gasteiger charge is 2.27. The molecule has 0 aliphatic heterocycles. The number of hydrogen-bond acceptors (Lipinski definition) is 6. The Morgan fingerprint density at radius 2 is 2.25 bits per heavy atom. The van der Waals surface area contributed by atoms with Crippen LogP contribution < -0.4 is 5.73 Å². The highest BCUT2D eigenvalue weighted by Crippen LogP contribution is 2.36. The zero-order chi connectivity index (χ0) is 13.7. The number of nitrogens with zero attached hydrogens (tertiary/aromatic N) is 6. The summed E-state index contributed by atoms with van der Waals surface area (Å²) in [5.41, 5.74) is 7.22. The van der Waals surface area contributed by atoms with Crippen molar-refractivity contribution in [2.75, 3.05) is 0 Å². The lowest BCUT2D eigenvalue weighted by molar-refractivity contribution is 0.395. The van der Waals surface area contributed by atoms with Crippen molar-refractivity contribution >= 4 is 16.3 Å². The molecule has 0 radical (unpaired) electrons. The van der Waals surface area contributed by atoms with Gasteiger partial charge in [0.05, 0.1) is 12.2 Å². The van der Waals surface area contributed by atoms with Crippen molar-refractivity contribution < 1.29 is 0 Å². The highest BCUT2D eigenvalue weighted by molar-refractivity contribution is 7.16. The first-order valence-electron chi connectivity index (χ1n) is 6.68. The van der Waals surface area contributed by atoms with Gasteiger partial charge in [-0.2, -0.15) is 14.7 Å². The van der Waals surface area contributed by atoms with Gasteiger partial charge in [0.25, 0.3) is 0 Å². The van der Waals surface area contributed by atoms with E-state index >= 15 is 0 Å². The van der Waals surface area contributed by atoms with Crippen molar-refractivity contribution in [3.05, 3.63) is 28.8 Å². The molecule has 1 aliphatic carbocycles. The lowest BCUT2D eigenvalue weighted by atomic mass is 9.85. The molecule has 7 nitrogen and oxygen atoms in total. The molecule has 0 aromatic carbocycles. The fourth-order valence-electron chi connectivity index (χ4n) is 2.44. The predicted octanol–water partition coefficient (Wildman–Crippen LogP) is 1.23. The number of aryl methyl sites for hydroxylation is 1. The smallest absolute Gasteiger partial charge is 0.234 e. The van der Waals surface area contributed by atoms with Crippen molar-refractivity contribution in [1.82, 2.24) is 29.6 Å². The summed E-state index contributed by atoms with van der Waals surface area (Å²) in [6.45, 7) is 0. The molecule has 104 valence electrons. The Kier molecular flexibility index (Phi) is 2.61. The third kappa shape index (κ3) is 1.75. The fourth-order valence-corrected chi connectivity index (χ4v) is 3.31. The van der Waals surface area contributed by atoms with Gasteiger partial charge in [-0.05, 0) is 12.8 Å². The normalized spacial score (nSPS) is 17.5. The molecule has 3 heterocycles. The lowest BCUT2D eigenvalue weighted by Crippen LogP contribution is -2.14. The number of rotatable bonds is 3. The maximum Gasteiger partial charge on any atom is 0.234 e. The maximum absolute atomic E-state index is 6.26. The van der Waals surface area contributed by atoms with E-state index in [-0.39, 0.29) is 6.04 Å². The summed E-state index contributed by atoms with van der Waals surface area (Å²) in [4.78, 5) is 0.821. The SMILES string of the molecule is Cn1cc(C(N)c2nn3c(C4CCC4)nnc3s2)cn1. The molecule has 1 aliphatic rings. The average molecular weight is 289 g/mol. The fraction of sp³-hybridized carbons (Fsp3) is 0.500. The van der Waals surface area contributed by atoms with Gasteiger partial charge in [-0.15, -0.1) is 10.2 Å². The quantitative estimate of drug-likeness (QED) is 0.783. The molecule has 20 heavy (non-hydrogen) atoms. The maximum atomic E-state index is 6.26. The van der Waals surface area contributed by atoms with Crippen LogP contribution in [0.5, 0.6) is 0 Å². The molecule has 0 saturated heterocycles. The molecular weight excluding hydrogens is 274 g/mol. The number of aromatic nitrogens is 6. The third-order valence-electron chi connectivity index (χ3n) is 3.85. The average Bonchev–Trinajstić information content (AvgIpc) is 3.03. The van der Waals surface area contributed by atoms with E-state index in [1.165, 1.54) is 30.6 Å². The van der Waals surface area contributed by atoms with Crippen molar-refractivity contribution in [2.45, 2.75) is 31.2 Å².